The molecule has 2 aromatic rings. The van der Waals surface area contributed by atoms with Crippen LogP contribution in [0.2, 0.25) is 0 Å². The largest absolute Gasteiger partial charge is 0.337 e. The summed E-state index contributed by atoms with van der Waals surface area (Å²) in [6, 6.07) is 0.993. The molecule has 2 amide bonds. The van der Waals surface area contributed by atoms with E-state index in [4.69, 9.17) is 4.52 Å². The highest BCUT2D eigenvalue weighted by Crippen LogP contribution is 2.33. The molecule has 1 saturated heterocycles. The van der Waals surface area contributed by atoms with Crippen LogP contribution in [0, 0.1) is 18.7 Å². The van der Waals surface area contributed by atoms with Crippen molar-refractivity contribution in [2.75, 3.05) is 19.6 Å². The molecule has 8 nitrogen and oxygen atoms in total. The van der Waals surface area contributed by atoms with E-state index in [2.05, 4.69) is 15.1 Å². The van der Waals surface area contributed by atoms with Gasteiger partial charge in [0.1, 0.15) is 6.04 Å². The van der Waals surface area contributed by atoms with Crippen molar-refractivity contribution in [3.8, 4) is 0 Å². The van der Waals surface area contributed by atoms with Crippen molar-refractivity contribution >= 4 is 11.8 Å². The van der Waals surface area contributed by atoms with Gasteiger partial charge < -0.3 is 14.3 Å². The Labute approximate surface area is 168 Å². The molecule has 2 aromatic heterocycles. The van der Waals surface area contributed by atoms with Crippen molar-refractivity contribution in [3.05, 3.63) is 41.6 Å². The molecule has 1 saturated carbocycles. The highest BCUT2D eigenvalue weighted by molar-refractivity contribution is 5.94. The molecule has 0 aromatic carbocycles. The van der Waals surface area contributed by atoms with Crippen LogP contribution in [-0.4, -0.2) is 56.4 Å². The first-order valence-corrected chi connectivity index (χ1v) is 10.0. The molecule has 0 bridgehead atoms. The highest BCUT2D eigenvalue weighted by atomic mass is 19.1. The predicted molar refractivity (Wildman–Crippen MR) is 100 cm³/mol. The van der Waals surface area contributed by atoms with Crippen LogP contribution in [-0.2, 0) is 4.79 Å². The molecular weight excluding hydrogens is 377 g/mol. The lowest BCUT2D eigenvalue weighted by Gasteiger charge is -2.29. The minimum Gasteiger partial charge on any atom is -0.337 e. The fraction of sp³-hybridized carbons (Fsp3) is 0.550. The highest BCUT2D eigenvalue weighted by Gasteiger charge is 2.37. The Bertz CT molecular complexity index is 896. The van der Waals surface area contributed by atoms with E-state index in [0.29, 0.717) is 37.8 Å². The molecule has 4 rings (SSSR count). The lowest BCUT2D eigenvalue weighted by molar-refractivity contribution is -0.138. The van der Waals surface area contributed by atoms with Gasteiger partial charge in [-0.15, -0.1) is 0 Å². The number of pyridine rings is 1. The smallest absolute Gasteiger partial charge is 0.257 e. The molecule has 0 spiro atoms. The van der Waals surface area contributed by atoms with Gasteiger partial charge >= 0.3 is 0 Å². The Hall–Kier alpha value is -2.84. The fourth-order valence-electron chi connectivity index (χ4n) is 4.23. The van der Waals surface area contributed by atoms with E-state index in [-0.39, 0.29) is 23.4 Å². The summed E-state index contributed by atoms with van der Waals surface area (Å²) in [5.74, 6) is -0.0815. The molecule has 1 atom stereocenters. The van der Waals surface area contributed by atoms with E-state index >= 15 is 0 Å². The van der Waals surface area contributed by atoms with Gasteiger partial charge in [-0.1, -0.05) is 18.0 Å². The number of hydrogen-bond acceptors (Lipinski definition) is 6. The Morgan fingerprint density at radius 3 is 2.66 bits per heavy atom. The summed E-state index contributed by atoms with van der Waals surface area (Å²) in [7, 11) is 0. The summed E-state index contributed by atoms with van der Waals surface area (Å²) in [4.78, 5) is 37.5. The Kier molecular flexibility index (Phi) is 5.55. The van der Waals surface area contributed by atoms with Crippen LogP contribution in [0.3, 0.4) is 0 Å². The van der Waals surface area contributed by atoms with Gasteiger partial charge in [0, 0.05) is 31.7 Å². The first kappa shape index (κ1) is 19.5. The third-order valence-corrected chi connectivity index (χ3v) is 5.77. The van der Waals surface area contributed by atoms with Gasteiger partial charge in [0.25, 0.3) is 5.91 Å². The van der Waals surface area contributed by atoms with Gasteiger partial charge in [-0.25, -0.2) is 4.39 Å². The number of halogens is 1. The number of hydrogen-bond donors (Lipinski definition) is 0. The Morgan fingerprint density at radius 2 is 1.97 bits per heavy atom. The van der Waals surface area contributed by atoms with Crippen molar-refractivity contribution in [3.63, 3.8) is 0 Å². The molecule has 1 aliphatic carbocycles. The normalized spacial score (nSPS) is 20.7. The monoisotopic (exact) mass is 401 g/mol. The minimum atomic E-state index is -0.648. The van der Waals surface area contributed by atoms with E-state index in [1.54, 1.807) is 16.7 Å². The van der Waals surface area contributed by atoms with Crippen molar-refractivity contribution in [2.24, 2.45) is 5.92 Å². The van der Waals surface area contributed by atoms with E-state index in [9.17, 15) is 14.0 Å². The zero-order valence-corrected chi connectivity index (χ0v) is 16.4. The van der Waals surface area contributed by atoms with Crippen LogP contribution in [0.25, 0.3) is 0 Å². The molecule has 0 radical (unpaired) electrons. The number of rotatable bonds is 3. The van der Waals surface area contributed by atoms with Gasteiger partial charge in [0.05, 0.1) is 11.8 Å². The van der Waals surface area contributed by atoms with E-state index < -0.39 is 11.7 Å². The summed E-state index contributed by atoms with van der Waals surface area (Å²) >= 11 is 0. The van der Waals surface area contributed by atoms with Gasteiger partial charge in [0.15, 0.2) is 11.6 Å². The van der Waals surface area contributed by atoms with Crippen molar-refractivity contribution in [1.29, 1.82) is 0 Å². The average Bonchev–Trinajstić information content (AvgIpc) is 3.35. The van der Waals surface area contributed by atoms with E-state index in [0.717, 1.165) is 31.9 Å². The lowest BCUT2D eigenvalue weighted by Crippen LogP contribution is -2.41. The number of carbonyl (C=O) groups excluding carboxylic acids is 2. The van der Waals surface area contributed by atoms with Crippen LogP contribution in [0.1, 0.15) is 60.2 Å². The lowest BCUT2D eigenvalue weighted by atomic mass is 10.0. The third kappa shape index (κ3) is 3.99. The maximum atomic E-state index is 14.0. The van der Waals surface area contributed by atoms with Crippen molar-refractivity contribution in [1.82, 2.24) is 24.9 Å². The van der Waals surface area contributed by atoms with E-state index in [1.807, 2.05) is 0 Å². The summed E-state index contributed by atoms with van der Waals surface area (Å²) in [6.07, 6.45) is 6.77. The Balaban J connectivity index is 1.58. The summed E-state index contributed by atoms with van der Waals surface area (Å²) < 4.78 is 19.4. The Morgan fingerprint density at radius 1 is 1.17 bits per heavy atom. The average molecular weight is 401 g/mol. The van der Waals surface area contributed by atoms with E-state index in [1.165, 1.54) is 12.3 Å². The zero-order valence-electron chi connectivity index (χ0n) is 16.4. The molecule has 0 N–H and O–H groups in total. The van der Waals surface area contributed by atoms with Gasteiger partial charge in [-0.3, -0.25) is 14.6 Å². The van der Waals surface area contributed by atoms with Gasteiger partial charge in [0.2, 0.25) is 11.8 Å². The molecule has 1 aliphatic heterocycles. The second kappa shape index (κ2) is 8.26. The minimum absolute atomic E-state index is 0.00131. The molecule has 9 heteroatoms. The maximum Gasteiger partial charge on any atom is 0.257 e. The van der Waals surface area contributed by atoms with Crippen LogP contribution in [0.5, 0.6) is 0 Å². The van der Waals surface area contributed by atoms with Crippen LogP contribution in [0.4, 0.5) is 4.39 Å². The van der Waals surface area contributed by atoms with Crippen molar-refractivity contribution in [2.45, 2.75) is 45.1 Å². The maximum absolute atomic E-state index is 14.0. The molecule has 29 heavy (non-hydrogen) atoms. The molecule has 3 heterocycles. The number of aromatic nitrogens is 3. The number of amides is 2. The third-order valence-electron chi connectivity index (χ3n) is 5.77. The SMILES string of the molecule is Cc1noc(C2CCN(C(=O)c3ccncc3F)CCN2C(=O)C2CCCC2)n1. The molecular formula is C20H24FN5O3. The zero-order chi connectivity index (χ0) is 20.4. The molecule has 2 fully saturated rings. The van der Waals surface area contributed by atoms with Gasteiger partial charge in [-0.05, 0) is 32.3 Å². The second-order valence-corrected chi connectivity index (χ2v) is 7.65. The topological polar surface area (TPSA) is 92.4 Å². The van der Waals surface area contributed by atoms with Crippen molar-refractivity contribution < 1.29 is 18.5 Å². The fourth-order valence-corrected chi connectivity index (χ4v) is 4.23. The first-order chi connectivity index (χ1) is 14.0. The van der Waals surface area contributed by atoms with Crippen LogP contribution < -0.4 is 0 Å². The number of aryl methyl sites for hydroxylation is 1. The second-order valence-electron chi connectivity index (χ2n) is 7.65. The molecule has 2 aliphatic rings. The standard InChI is InChI=1S/C20H24FN5O3/c1-13-23-18(29-24-13)17-7-9-25(20(28)15-6-8-22-12-16(15)21)10-11-26(17)19(27)14-4-2-3-5-14/h6,8,12,14,17H,2-5,7,9-11H2,1H3. The molecule has 1 unspecified atom stereocenters. The summed E-state index contributed by atoms with van der Waals surface area (Å²) in [5.41, 5.74) is -0.0132. The summed E-state index contributed by atoms with van der Waals surface area (Å²) in [6.45, 7) is 2.76. The van der Waals surface area contributed by atoms with Crippen LogP contribution >= 0.6 is 0 Å². The quantitative estimate of drug-likeness (QED) is 0.785. The van der Waals surface area contributed by atoms with Gasteiger partial charge in [-0.2, -0.15) is 4.98 Å². The first-order valence-electron chi connectivity index (χ1n) is 10.0. The number of nitrogens with zero attached hydrogens (tertiary/aromatic N) is 5. The number of carbonyl (C=O) groups is 2. The summed E-state index contributed by atoms with van der Waals surface area (Å²) in [5, 5.41) is 3.87. The van der Waals surface area contributed by atoms with Crippen LogP contribution in [0.15, 0.2) is 23.0 Å². The molecule has 154 valence electrons. The predicted octanol–water partition coefficient (Wildman–Crippen LogP) is 2.52.